The Kier molecular flexibility index (Phi) is 54.8. The van der Waals surface area contributed by atoms with Crippen LogP contribution in [-0.2, 0) is 28.6 Å². The highest BCUT2D eigenvalue weighted by Crippen LogP contribution is 2.15. The predicted octanol–water partition coefficient (Wildman–Crippen LogP) is 19.8. The van der Waals surface area contributed by atoms with E-state index in [1.807, 2.05) is 0 Å². The fourth-order valence-corrected chi connectivity index (χ4v) is 8.18. The van der Waals surface area contributed by atoms with E-state index in [9.17, 15) is 14.4 Å². The molecule has 0 amide bonds. The molecule has 0 radical (unpaired) electrons. The molecule has 0 N–H and O–H groups in total. The van der Waals surface area contributed by atoms with E-state index in [1.54, 1.807) is 0 Å². The van der Waals surface area contributed by atoms with Crippen molar-refractivity contribution in [3.05, 3.63) is 72.9 Å². The molecule has 0 aromatic heterocycles. The molecule has 0 aliphatic heterocycles. The van der Waals surface area contributed by atoms with Crippen LogP contribution in [0.3, 0.4) is 0 Å². The molecule has 6 nitrogen and oxygen atoms in total. The lowest BCUT2D eigenvalue weighted by molar-refractivity contribution is -0.167. The topological polar surface area (TPSA) is 78.9 Å². The summed E-state index contributed by atoms with van der Waals surface area (Å²) in [6.07, 6.45) is 73.2. The molecule has 0 spiro atoms. The first-order valence-electron chi connectivity index (χ1n) is 29.4. The molecule has 0 aromatic carbocycles. The zero-order valence-corrected chi connectivity index (χ0v) is 45.6. The molecule has 6 heteroatoms. The van der Waals surface area contributed by atoms with Crippen molar-refractivity contribution in [2.45, 2.75) is 297 Å². The number of hydrogen-bond donors (Lipinski definition) is 0. The third-order valence-electron chi connectivity index (χ3n) is 12.7. The largest absolute Gasteiger partial charge is 0.462 e. The van der Waals surface area contributed by atoms with E-state index in [-0.39, 0.29) is 37.5 Å². The molecule has 0 aromatic rings. The Balaban J connectivity index is 4.40. The molecule has 398 valence electrons. The molecule has 0 fully saturated rings. The molecule has 0 rings (SSSR count). The molecular weight excluding hydrogens is 853 g/mol. The fraction of sp³-hybridized carbons (Fsp3) is 0.762. The van der Waals surface area contributed by atoms with Crippen LogP contribution in [-0.4, -0.2) is 37.2 Å². The lowest BCUT2D eigenvalue weighted by Gasteiger charge is -2.18. The molecule has 69 heavy (non-hydrogen) atoms. The smallest absolute Gasteiger partial charge is 0.306 e. The third-order valence-corrected chi connectivity index (χ3v) is 12.7. The van der Waals surface area contributed by atoms with Gasteiger partial charge in [0, 0.05) is 19.3 Å². The van der Waals surface area contributed by atoms with Crippen LogP contribution in [0.1, 0.15) is 290 Å². The number of carbonyl (C=O) groups excluding carboxylic acids is 3. The maximum absolute atomic E-state index is 12.8. The number of carbonyl (C=O) groups is 3. The number of rotatable bonds is 53. The van der Waals surface area contributed by atoms with E-state index in [2.05, 4.69) is 93.7 Å². The van der Waals surface area contributed by atoms with E-state index in [4.69, 9.17) is 14.2 Å². The summed E-state index contributed by atoms with van der Waals surface area (Å²) >= 11 is 0. The van der Waals surface area contributed by atoms with Gasteiger partial charge in [-0.05, 0) is 116 Å². The summed E-state index contributed by atoms with van der Waals surface area (Å²) in [5.74, 6) is -0.940. The van der Waals surface area contributed by atoms with Crippen molar-refractivity contribution in [3.8, 4) is 0 Å². The van der Waals surface area contributed by atoms with Crippen molar-refractivity contribution in [3.63, 3.8) is 0 Å². The van der Waals surface area contributed by atoms with Crippen molar-refractivity contribution in [2.24, 2.45) is 0 Å². The van der Waals surface area contributed by atoms with Crippen LogP contribution in [0.5, 0.6) is 0 Å². The van der Waals surface area contributed by atoms with Crippen LogP contribution in [0.2, 0.25) is 0 Å². The number of allylic oxidation sites excluding steroid dienone is 12. The summed E-state index contributed by atoms with van der Waals surface area (Å²) in [5.41, 5.74) is 0. The Morgan fingerprint density at radius 2 is 0.522 bits per heavy atom. The Labute approximate surface area is 427 Å². The number of esters is 3. The van der Waals surface area contributed by atoms with Crippen molar-refractivity contribution in [1.29, 1.82) is 0 Å². The zero-order chi connectivity index (χ0) is 50.0. The minimum absolute atomic E-state index is 0.0948. The monoisotopic (exact) mass is 963 g/mol. The van der Waals surface area contributed by atoms with Gasteiger partial charge in [0.2, 0.25) is 0 Å². The van der Waals surface area contributed by atoms with Crippen molar-refractivity contribution < 1.29 is 28.6 Å². The molecule has 0 saturated heterocycles. The highest BCUT2D eigenvalue weighted by molar-refractivity contribution is 5.71. The summed E-state index contributed by atoms with van der Waals surface area (Å²) in [7, 11) is 0. The van der Waals surface area contributed by atoms with Gasteiger partial charge in [-0.1, -0.05) is 229 Å². The molecule has 0 saturated carbocycles. The SMILES string of the molecule is CCCCC/C=C\C/C=C\C/C=C\CCCCC(=O)O[C@H](COC(=O)CCCCCCC/C=C\C/C=C\CCCCC)COC(=O)CCCCCCCCCCCCC/C=C\CCCCCCCC. The van der Waals surface area contributed by atoms with Gasteiger partial charge in [0.25, 0.3) is 0 Å². The highest BCUT2D eigenvalue weighted by atomic mass is 16.6. The van der Waals surface area contributed by atoms with Crippen LogP contribution in [0, 0.1) is 0 Å². The van der Waals surface area contributed by atoms with Crippen LogP contribution in [0.4, 0.5) is 0 Å². The molecule has 0 heterocycles. The summed E-state index contributed by atoms with van der Waals surface area (Å²) in [4.78, 5) is 38.2. The van der Waals surface area contributed by atoms with Gasteiger partial charge in [-0.2, -0.15) is 0 Å². The van der Waals surface area contributed by atoms with E-state index >= 15 is 0 Å². The van der Waals surface area contributed by atoms with E-state index in [0.717, 1.165) is 89.9 Å². The van der Waals surface area contributed by atoms with Crippen molar-refractivity contribution in [1.82, 2.24) is 0 Å². The number of unbranched alkanes of at least 4 members (excludes halogenated alkanes) is 30. The van der Waals surface area contributed by atoms with E-state index in [1.165, 1.54) is 154 Å². The Morgan fingerprint density at radius 1 is 0.290 bits per heavy atom. The van der Waals surface area contributed by atoms with Gasteiger partial charge in [0.15, 0.2) is 6.10 Å². The van der Waals surface area contributed by atoms with Crippen LogP contribution in [0.15, 0.2) is 72.9 Å². The quantitative estimate of drug-likeness (QED) is 0.0262. The molecule has 0 bridgehead atoms. The van der Waals surface area contributed by atoms with Gasteiger partial charge >= 0.3 is 17.9 Å². The molecule has 1 atom stereocenters. The van der Waals surface area contributed by atoms with Crippen molar-refractivity contribution in [2.75, 3.05) is 13.2 Å². The van der Waals surface area contributed by atoms with Gasteiger partial charge in [-0.25, -0.2) is 0 Å². The van der Waals surface area contributed by atoms with Gasteiger partial charge in [0.1, 0.15) is 13.2 Å². The van der Waals surface area contributed by atoms with Gasteiger partial charge < -0.3 is 14.2 Å². The Morgan fingerprint density at radius 3 is 0.884 bits per heavy atom. The second-order valence-electron chi connectivity index (χ2n) is 19.5. The lowest BCUT2D eigenvalue weighted by Crippen LogP contribution is -2.30. The maximum atomic E-state index is 12.8. The van der Waals surface area contributed by atoms with Crippen LogP contribution in [0.25, 0.3) is 0 Å². The summed E-state index contributed by atoms with van der Waals surface area (Å²) in [6, 6.07) is 0. The number of hydrogen-bond acceptors (Lipinski definition) is 6. The van der Waals surface area contributed by atoms with Crippen molar-refractivity contribution >= 4 is 17.9 Å². The standard InChI is InChI=1S/C63H110O6/c1-4-7-10-13-16-19-22-25-28-29-30-31-32-33-36-38-41-44-47-50-53-56-62(65)68-59-60(69-63(66)57-54-51-48-45-42-39-35-27-24-21-18-15-12-9-6-3)58-67-61(64)55-52-49-46-43-40-37-34-26-23-20-17-14-11-8-5-2/h17-18,20-21,25-28,34-35,42,45,60H,4-16,19,22-24,29-33,36-41,43-44,46-59H2,1-3H3/b20-17-,21-18-,28-25-,34-26-,35-27-,45-42-/t60-/m1/s1. The molecule has 0 unspecified atom stereocenters. The third kappa shape index (κ3) is 55.6. The first kappa shape index (κ1) is 65.8. The zero-order valence-electron chi connectivity index (χ0n) is 45.6. The first-order valence-corrected chi connectivity index (χ1v) is 29.4. The fourth-order valence-electron chi connectivity index (χ4n) is 8.18. The maximum Gasteiger partial charge on any atom is 0.306 e. The second kappa shape index (κ2) is 57.4. The average Bonchev–Trinajstić information content (AvgIpc) is 3.35. The van der Waals surface area contributed by atoms with Gasteiger partial charge in [0.05, 0.1) is 0 Å². The van der Waals surface area contributed by atoms with Crippen LogP contribution < -0.4 is 0 Å². The highest BCUT2D eigenvalue weighted by Gasteiger charge is 2.19. The molecular formula is C63H110O6. The molecule has 0 aliphatic carbocycles. The predicted molar refractivity (Wildman–Crippen MR) is 298 cm³/mol. The minimum Gasteiger partial charge on any atom is -0.462 e. The Hall–Kier alpha value is -3.15. The van der Waals surface area contributed by atoms with Crippen LogP contribution >= 0.6 is 0 Å². The number of ether oxygens (including phenoxy) is 3. The molecule has 0 aliphatic rings. The lowest BCUT2D eigenvalue weighted by atomic mass is 10.0. The second-order valence-corrected chi connectivity index (χ2v) is 19.5. The van der Waals surface area contributed by atoms with Gasteiger partial charge in [-0.3, -0.25) is 14.4 Å². The summed E-state index contributed by atoms with van der Waals surface area (Å²) < 4.78 is 16.8. The van der Waals surface area contributed by atoms with E-state index < -0.39 is 6.10 Å². The normalized spacial score (nSPS) is 12.6. The average molecular weight is 964 g/mol. The van der Waals surface area contributed by atoms with E-state index in [0.29, 0.717) is 19.3 Å². The Bertz CT molecular complexity index is 1290. The summed E-state index contributed by atoms with van der Waals surface area (Å²) in [5, 5.41) is 0. The summed E-state index contributed by atoms with van der Waals surface area (Å²) in [6.45, 7) is 6.56. The minimum atomic E-state index is -0.801. The first-order chi connectivity index (χ1) is 34.0. The van der Waals surface area contributed by atoms with Gasteiger partial charge in [-0.15, -0.1) is 0 Å².